The number of carbonyl (C=O) groups excluding carboxylic acids is 4. The van der Waals surface area contributed by atoms with Crippen LogP contribution in [0.1, 0.15) is 29.3 Å². The van der Waals surface area contributed by atoms with Crippen molar-refractivity contribution in [3.05, 3.63) is 57.9 Å². The monoisotopic (exact) mass is 570 g/mol. The summed E-state index contributed by atoms with van der Waals surface area (Å²) < 4.78 is 9.70. The molecule has 4 amide bonds. The van der Waals surface area contributed by atoms with E-state index < -0.39 is 47.0 Å². The summed E-state index contributed by atoms with van der Waals surface area (Å²) in [4.78, 5) is 52.0. The van der Waals surface area contributed by atoms with Crippen LogP contribution in [0.4, 0.5) is 15.3 Å². The maximum Gasteiger partial charge on any atom is 0.327 e. The van der Waals surface area contributed by atoms with Gasteiger partial charge in [-0.1, -0.05) is 36.1 Å². The number of anilines is 1. The number of phenols is 1. The summed E-state index contributed by atoms with van der Waals surface area (Å²) in [6, 6.07) is 8.10. The third-order valence-electron chi connectivity index (χ3n) is 5.71. The van der Waals surface area contributed by atoms with Crippen LogP contribution in [0.25, 0.3) is 11.3 Å². The number of amides is 4. The van der Waals surface area contributed by atoms with Gasteiger partial charge in [0, 0.05) is 27.6 Å². The van der Waals surface area contributed by atoms with Crippen molar-refractivity contribution in [3.8, 4) is 22.8 Å². The second kappa shape index (κ2) is 12.4. The van der Waals surface area contributed by atoms with Gasteiger partial charge in [-0.05, 0) is 25.5 Å². The first-order valence-electron chi connectivity index (χ1n) is 11.8. The summed E-state index contributed by atoms with van der Waals surface area (Å²) in [6.45, 7) is 3.00. The number of primary amides is 1. The average molecular weight is 571 g/mol. The molecule has 0 aliphatic heterocycles. The van der Waals surface area contributed by atoms with E-state index in [9.17, 15) is 29.4 Å². The van der Waals surface area contributed by atoms with Crippen molar-refractivity contribution in [1.82, 2.24) is 10.3 Å². The van der Waals surface area contributed by atoms with Gasteiger partial charge in [0.1, 0.15) is 23.4 Å². The van der Waals surface area contributed by atoms with E-state index in [-0.39, 0.29) is 24.3 Å². The molecule has 7 N–H and O–H groups in total. The number of urea groups is 2. The van der Waals surface area contributed by atoms with Crippen LogP contribution in [-0.4, -0.2) is 53.8 Å². The topological polar surface area (TPSA) is 219 Å². The largest absolute Gasteiger partial charge is 0.872 e. The van der Waals surface area contributed by atoms with Gasteiger partial charge in [0.25, 0.3) is 0 Å². The SMILES string of the molecule is COC(=O)C(N)COC(=O)Cc1sc(C(C)(C)c2c([O-])cc(NC(=O)NC(N)=O)cc2O)nc1-c1ccccc1. The minimum atomic E-state index is -1.14. The first-order chi connectivity index (χ1) is 18.8. The minimum Gasteiger partial charge on any atom is -0.872 e. The number of thiazole rings is 1. The summed E-state index contributed by atoms with van der Waals surface area (Å²) in [5, 5.41) is 28.3. The predicted molar refractivity (Wildman–Crippen MR) is 144 cm³/mol. The molecule has 3 rings (SSSR count). The summed E-state index contributed by atoms with van der Waals surface area (Å²) in [7, 11) is 1.17. The number of hydrogen-bond acceptors (Lipinski definition) is 11. The zero-order valence-electron chi connectivity index (χ0n) is 21.8. The number of ether oxygens (including phenoxy) is 2. The molecule has 0 spiro atoms. The quantitative estimate of drug-likeness (QED) is 0.234. The Morgan fingerprint density at radius 3 is 2.45 bits per heavy atom. The van der Waals surface area contributed by atoms with Crippen LogP contribution < -0.4 is 27.2 Å². The normalized spacial score (nSPS) is 11.8. The molecular weight excluding hydrogens is 542 g/mol. The maximum absolute atomic E-state index is 13.1. The molecule has 0 bridgehead atoms. The van der Waals surface area contributed by atoms with E-state index in [2.05, 4.69) is 10.1 Å². The molecule has 0 fully saturated rings. The number of methoxy groups -OCH3 is 1. The van der Waals surface area contributed by atoms with Gasteiger partial charge in [-0.2, -0.15) is 0 Å². The number of carbonyl (C=O) groups is 4. The number of aromatic hydroxyl groups is 1. The number of esters is 2. The Morgan fingerprint density at radius 1 is 1.18 bits per heavy atom. The standard InChI is InChI=1S/C26H29N5O8S/c1-26(2,20-16(32)9-14(10-17(20)33)29-25(37)31-24(28)36)23-30-21(13-7-5-4-6-8-13)18(40-23)11-19(34)39-12-15(27)22(35)38-3/h4-10,15,32-33H,11-12,27H2,1-3H3,(H4,28,29,31,36,37)/p-1. The average Bonchev–Trinajstić information content (AvgIpc) is 3.30. The highest BCUT2D eigenvalue weighted by molar-refractivity contribution is 7.12. The Hall–Kier alpha value is -4.69. The molecule has 2 aromatic carbocycles. The van der Waals surface area contributed by atoms with E-state index in [0.29, 0.717) is 21.1 Å². The minimum absolute atomic E-state index is 0.0000933. The van der Waals surface area contributed by atoms with Crippen LogP contribution in [0.3, 0.4) is 0 Å². The Morgan fingerprint density at radius 2 is 1.85 bits per heavy atom. The number of rotatable bonds is 9. The lowest BCUT2D eigenvalue weighted by atomic mass is 9.83. The lowest BCUT2D eigenvalue weighted by Crippen LogP contribution is -2.38. The van der Waals surface area contributed by atoms with Crippen molar-refractivity contribution in [3.63, 3.8) is 0 Å². The number of benzene rings is 2. The zero-order valence-corrected chi connectivity index (χ0v) is 22.7. The molecule has 0 aliphatic carbocycles. The lowest BCUT2D eigenvalue weighted by Gasteiger charge is -2.29. The fourth-order valence-electron chi connectivity index (χ4n) is 3.83. The molecule has 1 aromatic heterocycles. The first kappa shape index (κ1) is 29.9. The van der Waals surface area contributed by atoms with Crippen molar-refractivity contribution in [2.24, 2.45) is 11.5 Å². The van der Waals surface area contributed by atoms with Gasteiger partial charge in [-0.25, -0.2) is 14.6 Å². The number of nitrogens with zero attached hydrogens (tertiary/aromatic N) is 1. The van der Waals surface area contributed by atoms with E-state index in [1.165, 1.54) is 7.11 Å². The number of phenolic OH excluding ortho intramolecular Hbond substituents is 1. The van der Waals surface area contributed by atoms with Gasteiger partial charge in [0.05, 0.1) is 19.2 Å². The summed E-state index contributed by atoms with van der Waals surface area (Å²) in [5.74, 6) is -2.39. The summed E-state index contributed by atoms with van der Waals surface area (Å²) in [6.07, 6.45) is -0.195. The maximum atomic E-state index is 13.1. The van der Waals surface area contributed by atoms with Crippen molar-refractivity contribution >= 4 is 41.0 Å². The van der Waals surface area contributed by atoms with Crippen LogP contribution in [0.2, 0.25) is 0 Å². The van der Waals surface area contributed by atoms with Crippen LogP contribution >= 0.6 is 11.3 Å². The summed E-state index contributed by atoms with van der Waals surface area (Å²) >= 11 is 1.15. The molecule has 0 saturated carbocycles. The highest BCUT2D eigenvalue weighted by Gasteiger charge is 2.33. The van der Waals surface area contributed by atoms with Crippen LogP contribution in [0.5, 0.6) is 11.5 Å². The molecule has 0 radical (unpaired) electrons. The highest BCUT2D eigenvalue weighted by atomic mass is 32.1. The van der Waals surface area contributed by atoms with E-state index >= 15 is 0 Å². The predicted octanol–water partition coefficient (Wildman–Crippen LogP) is 1.70. The molecule has 13 nitrogen and oxygen atoms in total. The summed E-state index contributed by atoms with van der Waals surface area (Å²) in [5.41, 5.74) is 10.5. The Labute approximate surface area is 233 Å². The molecule has 40 heavy (non-hydrogen) atoms. The molecule has 212 valence electrons. The smallest absolute Gasteiger partial charge is 0.327 e. The number of hydrogen-bond donors (Lipinski definition) is 5. The van der Waals surface area contributed by atoms with Gasteiger partial charge in [-0.3, -0.25) is 14.9 Å². The van der Waals surface area contributed by atoms with E-state index in [4.69, 9.17) is 21.2 Å². The molecular formula is C26H28N5O8S-. The van der Waals surface area contributed by atoms with Crippen molar-refractivity contribution in [1.29, 1.82) is 0 Å². The Bertz CT molecular complexity index is 1400. The molecule has 1 unspecified atom stereocenters. The van der Waals surface area contributed by atoms with Gasteiger partial charge in [-0.15, -0.1) is 11.3 Å². The lowest BCUT2D eigenvalue weighted by molar-refractivity contribution is -0.270. The molecule has 14 heteroatoms. The van der Waals surface area contributed by atoms with E-state index in [1.807, 2.05) is 18.2 Å². The fraction of sp³-hybridized carbons (Fsp3) is 0.269. The Balaban J connectivity index is 1.95. The van der Waals surface area contributed by atoms with Gasteiger partial charge in [0.15, 0.2) is 0 Å². The van der Waals surface area contributed by atoms with Gasteiger partial charge < -0.3 is 36.5 Å². The van der Waals surface area contributed by atoms with Crippen molar-refractivity contribution < 1.29 is 38.9 Å². The van der Waals surface area contributed by atoms with Crippen LogP contribution in [-0.2, 0) is 30.9 Å². The van der Waals surface area contributed by atoms with E-state index in [0.717, 1.165) is 23.5 Å². The highest BCUT2D eigenvalue weighted by Crippen LogP contribution is 2.45. The molecule has 0 saturated heterocycles. The van der Waals surface area contributed by atoms with E-state index in [1.54, 1.807) is 31.3 Å². The number of aromatic nitrogens is 1. The second-order valence-corrected chi connectivity index (χ2v) is 10.2. The fourth-order valence-corrected chi connectivity index (χ4v) is 5.00. The third-order valence-corrected chi connectivity index (χ3v) is 7.09. The third kappa shape index (κ3) is 7.03. The molecule has 1 atom stereocenters. The second-order valence-electron chi connectivity index (χ2n) is 9.08. The number of nitrogens with two attached hydrogens (primary N) is 2. The zero-order chi connectivity index (χ0) is 29.6. The number of nitrogens with one attached hydrogen (secondary N) is 2. The number of imide groups is 1. The molecule has 3 aromatic rings. The van der Waals surface area contributed by atoms with Gasteiger partial charge >= 0.3 is 24.0 Å². The molecule has 0 aliphatic rings. The van der Waals surface area contributed by atoms with Crippen molar-refractivity contribution in [2.75, 3.05) is 19.0 Å². The van der Waals surface area contributed by atoms with Crippen molar-refractivity contribution in [2.45, 2.75) is 31.7 Å². The first-order valence-corrected chi connectivity index (χ1v) is 12.6. The molecule has 1 heterocycles. The Kier molecular flexibility index (Phi) is 9.29. The van der Waals surface area contributed by atoms with Gasteiger partial charge in [0.2, 0.25) is 0 Å². The van der Waals surface area contributed by atoms with Crippen LogP contribution in [0.15, 0.2) is 42.5 Å². The van der Waals surface area contributed by atoms with Crippen LogP contribution in [0, 0.1) is 0 Å².